The van der Waals surface area contributed by atoms with Gasteiger partial charge < -0.3 is 0 Å². The van der Waals surface area contributed by atoms with E-state index in [2.05, 4.69) is 30.1 Å². The number of nitrogens with one attached hydrogen (secondary N) is 1. The van der Waals surface area contributed by atoms with Crippen molar-refractivity contribution in [1.29, 1.82) is 5.26 Å². The van der Waals surface area contributed by atoms with Crippen LogP contribution >= 0.6 is 0 Å². The van der Waals surface area contributed by atoms with Gasteiger partial charge in [0.05, 0.1) is 6.07 Å². The molecule has 3 aliphatic rings. The van der Waals surface area contributed by atoms with Crippen LogP contribution in [0.5, 0.6) is 0 Å². The molecule has 3 unspecified atom stereocenters. The van der Waals surface area contributed by atoms with Crippen LogP contribution in [-0.2, 0) is 0 Å². The second-order valence-electron chi connectivity index (χ2n) is 7.30. The van der Waals surface area contributed by atoms with E-state index in [0.717, 1.165) is 24.7 Å². The smallest absolute Gasteiger partial charge is 0.108 e. The summed E-state index contributed by atoms with van der Waals surface area (Å²) >= 11 is 0. The van der Waals surface area contributed by atoms with Gasteiger partial charge in [-0.1, -0.05) is 13.8 Å². The first kappa shape index (κ1) is 13.4. The highest BCUT2D eigenvalue weighted by Gasteiger charge is 2.45. The van der Waals surface area contributed by atoms with Gasteiger partial charge in [0.15, 0.2) is 0 Å². The van der Waals surface area contributed by atoms with Gasteiger partial charge in [0.25, 0.3) is 0 Å². The van der Waals surface area contributed by atoms with Crippen LogP contribution in [0.1, 0.15) is 52.4 Å². The van der Waals surface area contributed by atoms with Crippen LogP contribution in [0.3, 0.4) is 0 Å². The maximum Gasteiger partial charge on any atom is 0.108 e. The number of nitrogens with zero attached hydrogens (tertiary/aromatic N) is 2. The zero-order valence-corrected chi connectivity index (χ0v) is 12.4. The average molecular weight is 261 g/mol. The number of likely N-dealkylation sites (tertiary alicyclic amines) is 1. The van der Waals surface area contributed by atoms with E-state index >= 15 is 0 Å². The molecule has 1 saturated heterocycles. The number of hydrogen-bond acceptors (Lipinski definition) is 3. The van der Waals surface area contributed by atoms with Gasteiger partial charge in [-0.2, -0.15) is 5.26 Å². The van der Waals surface area contributed by atoms with E-state index in [1.165, 1.54) is 38.8 Å². The maximum atomic E-state index is 9.56. The highest BCUT2D eigenvalue weighted by Crippen LogP contribution is 2.38. The summed E-state index contributed by atoms with van der Waals surface area (Å²) in [4.78, 5) is 2.67. The summed E-state index contributed by atoms with van der Waals surface area (Å²) in [7, 11) is 0. The van der Waals surface area contributed by atoms with E-state index in [1.807, 2.05) is 0 Å². The van der Waals surface area contributed by atoms with Crippen LogP contribution in [0.15, 0.2) is 0 Å². The molecule has 0 aromatic carbocycles. The lowest BCUT2D eigenvalue weighted by atomic mass is 9.95. The molecule has 1 N–H and O–H groups in total. The van der Waals surface area contributed by atoms with Crippen LogP contribution in [-0.4, -0.2) is 35.6 Å². The highest BCUT2D eigenvalue weighted by atomic mass is 15.2. The molecule has 0 radical (unpaired) electrons. The Kier molecular flexibility index (Phi) is 3.57. The third kappa shape index (κ3) is 2.80. The predicted octanol–water partition coefficient (Wildman–Crippen LogP) is 2.53. The third-order valence-corrected chi connectivity index (χ3v) is 5.48. The Labute approximate surface area is 117 Å². The SMILES string of the molecule is CC(C)C1CCN(C2CCC(C#N)(NC3CC3)C2)C1. The summed E-state index contributed by atoms with van der Waals surface area (Å²) in [6, 6.07) is 3.89. The lowest BCUT2D eigenvalue weighted by Gasteiger charge is -2.27. The fourth-order valence-electron chi connectivity index (χ4n) is 3.91. The molecule has 1 heterocycles. The Bertz CT molecular complexity index is 369. The van der Waals surface area contributed by atoms with Gasteiger partial charge in [-0.05, 0) is 56.9 Å². The van der Waals surface area contributed by atoms with Gasteiger partial charge in [-0.15, -0.1) is 0 Å². The lowest BCUT2D eigenvalue weighted by Crippen LogP contribution is -2.44. The zero-order chi connectivity index (χ0) is 13.5. The molecule has 3 nitrogen and oxygen atoms in total. The second kappa shape index (κ2) is 5.07. The Morgan fingerprint density at radius 3 is 2.63 bits per heavy atom. The Morgan fingerprint density at radius 1 is 1.26 bits per heavy atom. The van der Waals surface area contributed by atoms with Crippen molar-refractivity contribution < 1.29 is 0 Å². The molecule has 2 saturated carbocycles. The van der Waals surface area contributed by atoms with Crippen molar-refractivity contribution in [3.05, 3.63) is 0 Å². The van der Waals surface area contributed by atoms with Crippen LogP contribution in [0.2, 0.25) is 0 Å². The number of nitriles is 1. The van der Waals surface area contributed by atoms with Crippen LogP contribution in [0, 0.1) is 23.2 Å². The van der Waals surface area contributed by atoms with Crippen molar-refractivity contribution in [3.8, 4) is 6.07 Å². The van der Waals surface area contributed by atoms with Gasteiger partial charge in [0, 0.05) is 18.6 Å². The van der Waals surface area contributed by atoms with Crippen molar-refractivity contribution in [2.24, 2.45) is 11.8 Å². The van der Waals surface area contributed by atoms with Crippen LogP contribution in [0.25, 0.3) is 0 Å². The van der Waals surface area contributed by atoms with E-state index in [4.69, 9.17) is 0 Å². The molecule has 0 amide bonds. The van der Waals surface area contributed by atoms with Crippen molar-refractivity contribution >= 4 is 0 Å². The first-order valence-corrected chi connectivity index (χ1v) is 8.05. The average Bonchev–Trinajstić information content (AvgIpc) is 2.93. The fourth-order valence-corrected chi connectivity index (χ4v) is 3.91. The molecule has 0 aromatic heterocycles. The molecule has 3 rings (SSSR count). The Balaban J connectivity index is 1.58. The topological polar surface area (TPSA) is 39.1 Å². The quantitative estimate of drug-likeness (QED) is 0.845. The van der Waals surface area contributed by atoms with E-state index < -0.39 is 0 Å². The summed E-state index contributed by atoms with van der Waals surface area (Å²) in [6.07, 6.45) is 7.20. The molecule has 19 heavy (non-hydrogen) atoms. The third-order valence-electron chi connectivity index (χ3n) is 5.48. The van der Waals surface area contributed by atoms with Gasteiger partial charge in [0.1, 0.15) is 5.54 Å². The zero-order valence-electron chi connectivity index (χ0n) is 12.4. The summed E-state index contributed by atoms with van der Waals surface area (Å²) in [6.45, 7) is 7.19. The standard InChI is InChI=1S/C16H27N3/c1-12(2)13-6-8-19(10-13)15-5-7-16(9-15,11-17)18-14-3-4-14/h12-15,18H,3-10H2,1-2H3. The summed E-state index contributed by atoms with van der Waals surface area (Å²) in [5.74, 6) is 1.67. The van der Waals surface area contributed by atoms with Gasteiger partial charge in [-0.3, -0.25) is 10.2 Å². The minimum Gasteiger partial charge on any atom is -0.300 e. The Morgan fingerprint density at radius 2 is 2.05 bits per heavy atom. The number of rotatable bonds is 4. The normalized spacial score (nSPS) is 39.9. The van der Waals surface area contributed by atoms with Gasteiger partial charge >= 0.3 is 0 Å². The number of hydrogen-bond donors (Lipinski definition) is 1. The van der Waals surface area contributed by atoms with E-state index in [0.29, 0.717) is 12.1 Å². The minimum atomic E-state index is -0.207. The van der Waals surface area contributed by atoms with E-state index in [-0.39, 0.29) is 5.54 Å². The molecule has 3 atom stereocenters. The van der Waals surface area contributed by atoms with Crippen molar-refractivity contribution in [2.75, 3.05) is 13.1 Å². The Hall–Kier alpha value is -0.590. The molecule has 0 aromatic rings. The van der Waals surface area contributed by atoms with Crippen LogP contribution < -0.4 is 5.32 Å². The molecule has 0 bridgehead atoms. The second-order valence-corrected chi connectivity index (χ2v) is 7.30. The molecular weight excluding hydrogens is 234 g/mol. The monoisotopic (exact) mass is 261 g/mol. The van der Waals surface area contributed by atoms with Crippen molar-refractivity contribution in [1.82, 2.24) is 10.2 Å². The van der Waals surface area contributed by atoms with Crippen LogP contribution in [0.4, 0.5) is 0 Å². The molecule has 106 valence electrons. The first-order valence-electron chi connectivity index (χ1n) is 8.05. The summed E-state index contributed by atoms with van der Waals surface area (Å²) in [5, 5.41) is 13.2. The fraction of sp³-hybridized carbons (Fsp3) is 0.938. The molecular formula is C16H27N3. The molecule has 3 fully saturated rings. The maximum absolute atomic E-state index is 9.56. The summed E-state index contributed by atoms with van der Waals surface area (Å²) in [5.41, 5.74) is -0.207. The van der Waals surface area contributed by atoms with Gasteiger partial charge in [0.2, 0.25) is 0 Å². The molecule has 3 heteroatoms. The predicted molar refractivity (Wildman–Crippen MR) is 76.7 cm³/mol. The minimum absolute atomic E-state index is 0.207. The molecule has 1 aliphatic heterocycles. The highest BCUT2D eigenvalue weighted by molar-refractivity contribution is 5.15. The first-order chi connectivity index (χ1) is 9.12. The van der Waals surface area contributed by atoms with Crippen molar-refractivity contribution in [2.45, 2.75) is 70.0 Å². The lowest BCUT2D eigenvalue weighted by molar-refractivity contribution is 0.220. The molecule has 0 spiro atoms. The molecule has 2 aliphatic carbocycles. The van der Waals surface area contributed by atoms with E-state index in [9.17, 15) is 5.26 Å². The summed E-state index contributed by atoms with van der Waals surface area (Å²) < 4.78 is 0. The van der Waals surface area contributed by atoms with Gasteiger partial charge in [-0.25, -0.2) is 0 Å². The van der Waals surface area contributed by atoms with E-state index in [1.54, 1.807) is 0 Å². The largest absolute Gasteiger partial charge is 0.300 e. The van der Waals surface area contributed by atoms with Crippen molar-refractivity contribution in [3.63, 3.8) is 0 Å².